The zero-order valence-corrected chi connectivity index (χ0v) is 20.4. The summed E-state index contributed by atoms with van der Waals surface area (Å²) in [5.41, 5.74) is 3.83. The number of nitrogens with zero attached hydrogens (tertiary/aromatic N) is 2. The lowest BCUT2D eigenvalue weighted by Gasteiger charge is -2.30. The zero-order valence-electron chi connectivity index (χ0n) is 19.6. The maximum Gasteiger partial charge on any atom is 0.243 e. The predicted molar refractivity (Wildman–Crippen MR) is 128 cm³/mol. The summed E-state index contributed by atoms with van der Waals surface area (Å²) in [5.74, 6) is 0.0167. The molecule has 0 spiro atoms. The number of amides is 1. The van der Waals surface area contributed by atoms with Crippen LogP contribution in [-0.4, -0.2) is 62.8 Å². The van der Waals surface area contributed by atoms with Crippen LogP contribution in [0.2, 0.25) is 0 Å². The lowest BCUT2D eigenvalue weighted by atomic mass is 10.0. The molecule has 6 nitrogen and oxygen atoms in total. The van der Waals surface area contributed by atoms with Crippen molar-refractivity contribution in [1.82, 2.24) is 14.5 Å². The molecule has 3 rings (SSSR count). The summed E-state index contributed by atoms with van der Waals surface area (Å²) in [5, 5.41) is 3.24. The molecule has 2 aromatic carbocycles. The van der Waals surface area contributed by atoms with Gasteiger partial charge in [0, 0.05) is 45.7 Å². The van der Waals surface area contributed by atoms with E-state index in [9.17, 15) is 13.2 Å². The van der Waals surface area contributed by atoms with E-state index in [-0.39, 0.29) is 24.8 Å². The Morgan fingerprint density at radius 1 is 1.03 bits per heavy atom. The van der Waals surface area contributed by atoms with Gasteiger partial charge in [-0.1, -0.05) is 43.3 Å². The van der Waals surface area contributed by atoms with Crippen molar-refractivity contribution >= 4 is 15.9 Å². The number of hydrogen-bond donors (Lipinski definition) is 1. The SMILES string of the molecule is Cc1cc(C)c(S(=O)(=O)N(CCC(=O)N2CCNCC2)CC(C)c2ccccc2)cc1C. The highest BCUT2D eigenvalue weighted by Gasteiger charge is 2.29. The number of hydrogen-bond acceptors (Lipinski definition) is 4. The summed E-state index contributed by atoms with van der Waals surface area (Å²) >= 11 is 0. The van der Waals surface area contributed by atoms with Gasteiger partial charge in [0.25, 0.3) is 0 Å². The minimum Gasteiger partial charge on any atom is -0.340 e. The van der Waals surface area contributed by atoms with Crippen LogP contribution >= 0.6 is 0 Å². The Morgan fingerprint density at radius 3 is 2.31 bits per heavy atom. The minimum absolute atomic E-state index is 0.00659. The van der Waals surface area contributed by atoms with Crippen LogP contribution in [0.4, 0.5) is 0 Å². The third-order valence-corrected chi connectivity index (χ3v) is 8.31. The van der Waals surface area contributed by atoms with E-state index in [1.807, 2.05) is 69.0 Å². The van der Waals surface area contributed by atoms with E-state index < -0.39 is 10.0 Å². The second kappa shape index (κ2) is 10.6. The van der Waals surface area contributed by atoms with Crippen LogP contribution in [-0.2, 0) is 14.8 Å². The van der Waals surface area contributed by atoms with Crippen LogP contribution in [0.15, 0.2) is 47.4 Å². The van der Waals surface area contributed by atoms with Crippen LogP contribution in [0.25, 0.3) is 0 Å². The third-order valence-electron chi connectivity index (χ3n) is 6.30. The Labute approximate surface area is 192 Å². The van der Waals surface area contributed by atoms with Gasteiger partial charge in [-0.15, -0.1) is 0 Å². The molecule has 1 heterocycles. The number of piperazine rings is 1. The Morgan fingerprint density at radius 2 is 1.66 bits per heavy atom. The molecule has 0 radical (unpaired) electrons. The molecule has 7 heteroatoms. The number of rotatable bonds is 8. The Kier molecular flexibility index (Phi) is 8.09. The van der Waals surface area contributed by atoms with Crippen molar-refractivity contribution in [3.63, 3.8) is 0 Å². The van der Waals surface area contributed by atoms with Crippen molar-refractivity contribution in [3.8, 4) is 0 Å². The highest BCUT2D eigenvalue weighted by atomic mass is 32.2. The smallest absolute Gasteiger partial charge is 0.243 e. The van der Waals surface area contributed by atoms with Crippen LogP contribution in [0.1, 0.15) is 41.5 Å². The monoisotopic (exact) mass is 457 g/mol. The van der Waals surface area contributed by atoms with Gasteiger partial charge in [0.1, 0.15) is 0 Å². The predicted octanol–water partition coefficient (Wildman–Crippen LogP) is 3.23. The largest absolute Gasteiger partial charge is 0.340 e. The maximum absolute atomic E-state index is 13.8. The third kappa shape index (κ3) is 5.77. The molecule has 0 aliphatic carbocycles. The highest BCUT2D eigenvalue weighted by Crippen LogP contribution is 2.26. The molecule has 1 amide bonds. The molecule has 1 atom stereocenters. The normalized spacial score (nSPS) is 15.7. The lowest BCUT2D eigenvalue weighted by Crippen LogP contribution is -2.47. The standard InChI is InChI=1S/C25H35N3O3S/c1-19-16-21(3)24(17-20(19)2)32(30,31)28(18-22(4)23-8-6-5-7-9-23)13-10-25(29)27-14-11-26-12-15-27/h5-9,16-17,22,26H,10-15,18H2,1-4H3. The van der Waals surface area contributed by atoms with E-state index in [0.29, 0.717) is 24.5 Å². The van der Waals surface area contributed by atoms with E-state index in [2.05, 4.69) is 5.32 Å². The average Bonchev–Trinajstić information content (AvgIpc) is 2.79. The van der Waals surface area contributed by atoms with Crippen molar-refractivity contribution in [2.75, 3.05) is 39.3 Å². The molecule has 0 bridgehead atoms. The molecular formula is C25H35N3O3S. The molecule has 1 aliphatic heterocycles. The molecule has 0 aromatic heterocycles. The van der Waals surface area contributed by atoms with Crippen molar-refractivity contribution in [1.29, 1.82) is 0 Å². The van der Waals surface area contributed by atoms with Gasteiger partial charge in [-0.2, -0.15) is 4.31 Å². The number of aryl methyl sites for hydroxylation is 3. The number of carbonyl (C=O) groups is 1. The summed E-state index contributed by atoms with van der Waals surface area (Å²) in [6, 6.07) is 13.6. The first-order chi connectivity index (χ1) is 15.2. The number of carbonyl (C=O) groups excluding carboxylic acids is 1. The molecule has 1 unspecified atom stereocenters. The Balaban J connectivity index is 1.86. The lowest BCUT2D eigenvalue weighted by molar-refractivity contribution is -0.131. The van der Waals surface area contributed by atoms with E-state index in [0.717, 1.165) is 35.3 Å². The molecule has 0 saturated carbocycles. The highest BCUT2D eigenvalue weighted by molar-refractivity contribution is 7.89. The first-order valence-electron chi connectivity index (χ1n) is 11.3. The van der Waals surface area contributed by atoms with Gasteiger partial charge in [0.2, 0.25) is 15.9 Å². The molecule has 1 fully saturated rings. The van der Waals surface area contributed by atoms with Gasteiger partial charge in [0.05, 0.1) is 4.90 Å². The summed E-state index contributed by atoms with van der Waals surface area (Å²) in [6.45, 7) is 11.2. The molecule has 2 aromatic rings. The summed E-state index contributed by atoms with van der Waals surface area (Å²) in [7, 11) is -3.75. The Bertz CT molecular complexity index is 1030. The first kappa shape index (κ1) is 24.4. The summed E-state index contributed by atoms with van der Waals surface area (Å²) < 4.78 is 29.0. The van der Waals surface area contributed by atoms with Crippen LogP contribution in [0.3, 0.4) is 0 Å². The molecular weight excluding hydrogens is 422 g/mol. The van der Waals surface area contributed by atoms with Crippen molar-refractivity contribution in [2.24, 2.45) is 0 Å². The van der Waals surface area contributed by atoms with Crippen molar-refractivity contribution in [3.05, 3.63) is 64.7 Å². The summed E-state index contributed by atoms with van der Waals surface area (Å²) in [6.07, 6.45) is 0.185. The molecule has 1 N–H and O–H groups in total. The number of benzene rings is 2. The second-order valence-electron chi connectivity index (χ2n) is 8.76. The van der Waals surface area contributed by atoms with Gasteiger partial charge in [-0.25, -0.2) is 8.42 Å². The fourth-order valence-electron chi connectivity index (χ4n) is 4.15. The fourth-order valence-corrected chi connectivity index (χ4v) is 5.97. The topological polar surface area (TPSA) is 69.7 Å². The maximum atomic E-state index is 13.8. The average molecular weight is 458 g/mol. The molecule has 1 saturated heterocycles. The van der Waals surface area contributed by atoms with E-state index >= 15 is 0 Å². The van der Waals surface area contributed by atoms with Gasteiger partial charge in [-0.05, 0) is 55.0 Å². The molecule has 174 valence electrons. The van der Waals surface area contributed by atoms with E-state index in [4.69, 9.17) is 0 Å². The van der Waals surface area contributed by atoms with E-state index in [1.165, 1.54) is 4.31 Å². The molecule has 1 aliphatic rings. The minimum atomic E-state index is -3.75. The van der Waals surface area contributed by atoms with Gasteiger partial charge >= 0.3 is 0 Å². The van der Waals surface area contributed by atoms with Gasteiger partial charge in [0.15, 0.2) is 0 Å². The van der Waals surface area contributed by atoms with Gasteiger partial charge in [-0.3, -0.25) is 4.79 Å². The summed E-state index contributed by atoms with van der Waals surface area (Å²) in [4.78, 5) is 14.9. The quantitative estimate of drug-likeness (QED) is 0.661. The second-order valence-corrected chi connectivity index (χ2v) is 10.7. The van der Waals surface area contributed by atoms with Gasteiger partial charge < -0.3 is 10.2 Å². The first-order valence-corrected chi connectivity index (χ1v) is 12.8. The number of nitrogens with one attached hydrogen (secondary N) is 1. The molecule has 32 heavy (non-hydrogen) atoms. The Hall–Kier alpha value is -2.22. The zero-order chi connectivity index (χ0) is 23.3. The van der Waals surface area contributed by atoms with Crippen LogP contribution in [0.5, 0.6) is 0 Å². The van der Waals surface area contributed by atoms with E-state index in [1.54, 1.807) is 6.07 Å². The van der Waals surface area contributed by atoms with Crippen LogP contribution in [0, 0.1) is 20.8 Å². The fraction of sp³-hybridized carbons (Fsp3) is 0.480. The number of sulfonamides is 1. The van der Waals surface area contributed by atoms with Crippen molar-refractivity contribution < 1.29 is 13.2 Å². The van der Waals surface area contributed by atoms with Crippen LogP contribution < -0.4 is 5.32 Å². The van der Waals surface area contributed by atoms with Crippen molar-refractivity contribution in [2.45, 2.75) is 44.9 Å².